The van der Waals surface area contributed by atoms with Gasteiger partial charge in [0, 0.05) is 0 Å². The van der Waals surface area contributed by atoms with E-state index >= 15 is 0 Å². The van der Waals surface area contributed by atoms with Crippen LogP contribution in [0.1, 0.15) is 29.7 Å². The lowest BCUT2D eigenvalue weighted by Gasteiger charge is -2.20. The summed E-state index contributed by atoms with van der Waals surface area (Å²) in [7, 11) is 1.67. The molecule has 4 nitrogen and oxygen atoms in total. The molecule has 0 aliphatic carbocycles. The number of ether oxygens (including phenoxy) is 2. The van der Waals surface area contributed by atoms with Gasteiger partial charge in [0.1, 0.15) is 11.5 Å². The molecule has 1 unspecified atom stereocenters. The molecule has 0 spiro atoms. The van der Waals surface area contributed by atoms with E-state index in [0.29, 0.717) is 6.61 Å². The third-order valence-corrected chi connectivity index (χ3v) is 3.48. The molecule has 0 saturated heterocycles. The second-order valence-electron chi connectivity index (χ2n) is 4.82. The second kappa shape index (κ2) is 7.11. The van der Waals surface area contributed by atoms with Gasteiger partial charge in [-0.05, 0) is 54.8 Å². The molecule has 0 aromatic heterocycles. The first-order valence-electron chi connectivity index (χ1n) is 7.03. The lowest BCUT2D eigenvalue weighted by molar-refractivity contribution is 0.340. The van der Waals surface area contributed by atoms with Gasteiger partial charge in [-0.2, -0.15) is 0 Å². The molecule has 0 radical (unpaired) electrons. The zero-order chi connectivity index (χ0) is 15.2. The first-order chi connectivity index (χ1) is 10.2. The molecule has 3 N–H and O–H groups in total. The van der Waals surface area contributed by atoms with Crippen molar-refractivity contribution in [2.24, 2.45) is 5.84 Å². The summed E-state index contributed by atoms with van der Waals surface area (Å²) in [5.41, 5.74) is 6.23. The molecule has 1 atom stereocenters. The zero-order valence-electron chi connectivity index (χ0n) is 12.7. The van der Waals surface area contributed by atoms with Gasteiger partial charge in [0.15, 0.2) is 0 Å². The smallest absolute Gasteiger partial charge is 0.119 e. The Hall–Kier alpha value is -2.04. The molecule has 0 heterocycles. The standard InChI is InChI=1S/C17H22N2O2/c1-4-21-14-7-5-13(6-8-14)17(19-18)16-10-9-15(20-3)11-12(16)2/h5-11,17,19H,4,18H2,1-3H3. The zero-order valence-corrected chi connectivity index (χ0v) is 12.7. The molecule has 2 aromatic carbocycles. The van der Waals surface area contributed by atoms with Crippen LogP contribution in [0.3, 0.4) is 0 Å². The van der Waals surface area contributed by atoms with Crippen molar-refractivity contribution in [3.05, 3.63) is 59.2 Å². The first-order valence-corrected chi connectivity index (χ1v) is 7.03. The Bertz CT molecular complexity index is 582. The summed E-state index contributed by atoms with van der Waals surface area (Å²) in [6, 6.07) is 13.9. The van der Waals surface area contributed by atoms with Crippen molar-refractivity contribution in [3.8, 4) is 11.5 Å². The van der Waals surface area contributed by atoms with E-state index in [1.807, 2.05) is 49.4 Å². The molecule has 2 rings (SSSR count). The van der Waals surface area contributed by atoms with Gasteiger partial charge in [0.05, 0.1) is 19.8 Å². The predicted octanol–water partition coefficient (Wildman–Crippen LogP) is 2.96. The van der Waals surface area contributed by atoms with Crippen LogP contribution in [0, 0.1) is 6.92 Å². The predicted molar refractivity (Wildman–Crippen MR) is 84.5 cm³/mol. The number of hydrogen-bond donors (Lipinski definition) is 2. The third-order valence-electron chi connectivity index (χ3n) is 3.48. The number of rotatable bonds is 6. The molecule has 112 valence electrons. The number of nitrogens with two attached hydrogens (primary N) is 1. The number of aryl methyl sites for hydroxylation is 1. The molecular formula is C17H22N2O2. The fourth-order valence-corrected chi connectivity index (χ4v) is 2.39. The van der Waals surface area contributed by atoms with Gasteiger partial charge in [-0.15, -0.1) is 0 Å². The van der Waals surface area contributed by atoms with Crippen LogP contribution < -0.4 is 20.7 Å². The van der Waals surface area contributed by atoms with E-state index in [4.69, 9.17) is 15.3 Å². The molecular weight excluding hydrogens is 264 g/mol. The van der Waals surface area contributed by atoms with Crippen molar-refractivity contribution in [2.45, 2.75) is 19.9 Å². The van der Waals surface area contributed by atoms with Crippen LogP contribution in [-0.2, 0) is 0 Å². The van der Waals surface area contributed by atoms with E-state index in [-0.39, 0.29) is 6.04 Å². The summed E-state index contributed by atoms with van der Waals surface area (Å²) >= 11 is 0. The maximum Gasteiger partial charge on any atom is 0.119 e. The lowest BCUT2D eigenvalue weighted by atomic mass is 9.95. The van der Waals surface area contributed by atoms with E-state index in [9.17, 15) is 0 Å². The van der Waals surface area contributed by atoms with Crippen LogP contribution in [0.4, 0.5) is 0 Å². The van der Waals surface area contributed by atoms with E-state index in [0.717, 1.165) is 28.2 Å². The normalized spacial score (nSPS) is 12.0. The number of benzene rings is 2. The highest BCUT2D eigenvalue weighted by molar-refractivity contribution is 5.42. The molecule has 0 bridgehead atoms. The van der Waals surface area contributed by atoms with Crippen LogP contribution in [0.15, 0.2) is 42.5 Å². The van der Waals surface area contributed by atoms with Crippen LogP contribution in [0.5, 0.6) is 11.5 Å². The molecule has 21 heavy (non-hydrogen) atoms. The molecule has 0 fully saturated rings. The van der Waals surface area contributed by atoms with Gasteiger partial charge in [0.25, 0.3) is 0 Å². The van der Waals surface area contributed by atoms with E-state index in [1.165, 1.54) is 0 Å². The maximum absolute atomic E-state index is 5.76. The first kappa shape index (κ1) is 15.4. The highest BCUT2D eigenvalue weighted by Crippen LogP contribution is 2.28. The molecule has 0 aliphatic rings. The van der Waals surface area contributed by atoms with Crippen LogP contribution in [0.25, 0.3) is 0 Å². The molecule has 2 aromatic rings. The Morgan fingerprint density at radius 3 is 2.29 bits per heavy atom. The van der Waals surface area contributed by atoms with Gasteiger partial charge in [-0.3, -0.25) is 5.84 Å². The third kappa shape index (κ3) is 3.54. The van der Waals surface area contributed by atoms with Crippen molar-refractivity contribution in [1.29, 1.82) is 0 Å². The number of hydrogen-bond acceptors (Lipinski definition) is 4. The Kier molecular flexibility index (Phi) is 5.20. The Balaban J connectivity index is 2.30. The molecule has 4 heteroatoms. The number of methoxy groups -OCH3 is 1. The van der Waals surface area contributed by atoms with Crippen molar-refractivity contribution in [3.63, 3.8) is 0 Å². The fraction of sp³-hybridized carbons (Fsp3) is 0.294. The number of nitrogens with one attached hydrogen (secondary N) is 1. The van der Waals surface area contributed by atoms with Crippen LogP contribution in [0.2, 0.25) is 0 Å². The highest BCUT2D eigenvalue weighted by atomic mass is 16.5. The summed E-state index contributed by atoms with van der Waals surface area (Å²) in [6.07, 6.45) is 0. The van der Waals surface area contributed by atoms with Crippen molar-refractivity contribution < 1.29 is 9.47 Å². The van der Waals surface area contributed by atoms with Gasteiger partial charge in [-0.25, -0.2) is 5.43 Å². The molecule has 0 aliphatic heterocycles. The number of hydrazine groups is 1. The average Bonchev–Trinajstić information content (AvgIpc) is 2.51. The maximum atomic E-state index is 5.76. The Morgan fingerprint density at radius 1 is 1.10 bits per heavy atom. The summed E-state index contributed by atoms with van der Waals surface area (Å²) in [5, 5.41) is 0. The summed E-state index contributed by atoms with van der Waals surface area (Å²) < 4.78 is 10.7. The quantitative estimate of drug-likeness (QED) is 0.633. The van der Waals surface area contributed by atoms with Crippen LogP contribution in [-0.4, -0.2) is 13.7 Å². The largest absolute Gasteiger partial charge is 0.497 e. The van der Waals surface area contributed by atoms with E-state index in [2.05, 4.69) is 12.3 Å². The van der Waals surface area contributed by atoms with E-state index < -0.39 is 0 Å². The van der Waals surface area contributed by atoms with Crippen molar-refractivity contribution in [2.75, 3.05) is 13.7 Å². The molecule has 0 saturated carbocycles. The summed E-state index contributed by atoms with van der Waals surface area (Å²) in [4.78, 5) is 0. The minimum atomic E-state index is -0.0633. The SMILES string of the molecule is CCOc1ccc(C(NN)c2ccc(OC)cc2C)cc1. The van der Waals surface area contributed by atoms with Crippen LogP contribution >= 0.6 is 0 Å². The summed E-state index contributed by atoms with van der Waals surface area (Å²) in [5.74, 6) is 7.47. The Labute approximate surface area is 125 Å². The minimum Gasteiger partial charge on any atom is -0.497 e. The van der Waals surface area contributed by atoms with Crippen molar-refractivity contribution in [1.82, 2.24) is 5.43 Å². The minimum absolute atomic E-state index is 0.0633. The second-order valence-corrected chi connectivity index (χ2v) is 4.82. The highest BCUT2D eigenvalue weighted by Gasteiger charge is 2.15. The van der Waals surface area contributed by atoms with Crippen molar-refractivity contribution >= 4 is 0 Å². The van der Waals surface area contributed by atoms with E-state index in [1.54, 1.807) is 7.11 Å². The van der Waals surface area contributed by atoms with Gasteiger partial charge in [-0.1, -0.05) is 18.2 Å². The van der Waals surface area contributed by atoms with Gasteiger partial charge >= 0.3 is 0 Å². The topological polar surface area (TPSA) is 56.5 Å². The molecule has 0 amide bonds. The summed E-state index contributed by atoms with van der Waals surface area (Å²) in [6.45, 7) is 4.69. The van der Waals surface area contributed by atoms with Gasteiger partial charge < -0.3 is 9.47 Å². The monoisotopic (exact) mass is 286 g/mol. The fourth-order valence-electron chi connectivity index (χ4n) is 2.39. The average molecular weight is 286 g/mol. The van der Waals surface area contributed by atoms with Gasteiger partial charge in [0.2, 0.25) is 0 Å². The lowest BCUT2D eigenvalue weighted by Crippen LogP contribution is -2.29. The Morgan fingerprint density at radius 2 is 1.76 bits per heavy atom.